The van der Waals surface area contributed by atoms with Crippen LogP contribution in [-0.4, -0.2) is 23.8 Å². The van der Waals surface area contributed by atoms with Gasteiger partial charge in [0.1, 0.15) is 0 Å². The van der Waals surface area contributed by atoms with Crippen LogP contribution >= 0.6 is 0 Å². The molecule has 2 N–H and O–H groups in total. The zero-order valence-corrected chi connectivity index (χ0v) is 10.7. The fourth-order valence-electron chi connectivity index (χ4n) is 2.46. The molecule has 96 valence electrons. The molecule has 2 unspecified atom stereocenters. The van der Waals surface area contributed by atoms with Gasteiger partial charge in [0.15, 0.2) is 0 Å². The maximum absolute atomic E-state index is 5.45. The van der Waals surface area contributed by atoms with Crippen molar-refractivity contribution in [3.8, 4) is 0 Å². The van der Waals surface area contributed by atoms with Crippen molar-refractivity contribution in [1.29, 1.82) is 0 Å². The first-order chi connectivity index (χ1) is 8.29. The van der Waals surface area contributed by atoms with E-state index in [4.69, 9.17) is 4.42 Å². The maximum Gasteiger partial charge on any atom is 0.315 e. The molecule has 5 nitrogen and oxygen atoms in total. The van der Waals surface area contributed by atoms with Gasteiger partial charge in [-0.05, 0) is 25.3 Å². The zero-order valence-electron chi connectivity index (χ0n) is 10.7. The first-order valence-corrected chi connectivity index (χ1v) is 6.50. The molecule has 1 aliphatic rings. The smallest absolute Gasteiger partial charge is 0.315 e. The first kappa shape index (κ1) is 12.4. The molecule has 1 fully saturated rings. The Morgan fingerprint density at radius 2 is 2.12 bits per heavy atom. The van der Waals surface area contributed by atoms with E-state index in [1.165, 1.54) is 25.7 Å². The quantitative estimate of drug-likeness (QED) is 0.821. The van der Waals surface area contributed by atoms with Crippen molar-refractivity contribution in [2.24, 2.45) is 11.8 Å². The Balaban J connectivity index is 1.79. The SMILES string of the molecule is CNCc1nnc(NCC2CCCCC2C)o1. The Labute approximate surface area is 102 Å². The molecule has 1 saturated carbocycles. The predicted molar refractivity (Wildman–Crippen MR) is 66.7 cm³/mol. The summed E-state index contributed by atoms with van der Waals surface area (Å²) in [5.41, 5.74) is 0. The van der Waals surface area contributed by atoms with Crippen LogP contribution in [0.3, 0.4) is 0 Å². The van der Waals surface area contributed by atoms with Gasteiger partial charge < -0.3 is 15.1 Å². The summed E-state index contributed by atoms with van der Waals surface area (Å²) in [6.07, 6.45) is 5.39. The summed E-state index contributed by atoms with van der Waals surface area (Å²) >= 11 is 0. The van der Waals surface area contributed by atoms with E-state index >= 15 is 0 Å². The van der Waals surface area contributed by atoms with Gasteiger partial charge in [0.25, 0.3) is 0 Å². The summed E-state index contributed by atoms with van der Waals surface area (Å²) in [4.78, 5) is 0. The standard InChI is InChI=1S/C12H22N4O/c1-9-5-3-4-6-10(9)7-14-12-16-15-11(17-12)8-13-2/h9-10,13H,3-8H2,1-2H3,(H,14,16). The highest BCUT2D eigenvalue weighted by Gasteiger charge is 2.21. The van der Waals surface area contributed by atoms with Crippen molar-refractivity contribution in [2.75, 3.05) is 18.9 Å². The van der Waals surface area contributed by atoms with Crippen LogP contribution in [0, 0.1) is 11.8 Å². The van der Waals surface area contributed by atoms with Gasteiger partial charge in [0.05, 0.1) is 6.54 Å². The Morgan fingerprint density at radius 1 is 1.29 bits per heavy atom. The monoisotopic (exact) mass is 238 g/mol. The second-order valence-corrected chi connectivity index (χ2v) is 4.93. The third kappa shape index (κ3) is 3.43. The van der Waals surface area contributed by atoms with E-state index in [1.54, 1.807) is 0 Å². The van der Waals surface area contributed by atoms with E-state index in [0.717, 1.165) is 18.4 Å². The lowest BCUT2D eigenvalue weighted by Crippen LogP contribution is -2.24. The highest BCUT2D eigenvalue weighted by molar-refractivity contribution is 5.17. The molecule has 17 heavy (non-hydrogen) atoms. The minimum absolute atomic E-state index is 0.549. The minimum Gasteiger partial charge on any atom is -0.407 e. The molecular formula is C12H22N4O. The average molecular weight is 238 g/mol. The van der Waals surface area contributed by atoms with Crippen LogP contribution in [0.5, 0.6) is 0 Å². The lowest BCUT2D eigenvalue weighted by Gasteiger charge is -2.28. The van der Waals surface area contributed by atoms with Gasteiger partial charge >= 0.3 is 6.01 Å². The zero-order chi connectivity index (χ0) is 12.1. The van der Waals surface area contributed by atoms with Crippen LogP contribution in [0.1, 0.15) is 38.5 Å². The lowest BCUT2D eigenvalue weighted by molar-refractivity contribution is 0.267. The fraction of sp³-hybridized carbons (Fsp3) is 0.833. The van der Waals surface area contributed by atoms with Crippen molar-refractivity contribution in [1.82, 2.24) is 15.5 Å². The maximum atomic E-state index is 5.45. The van der Waals surface area contributed by atoms with Crippen molar-refractivity contribution < 1.29 is 4.42 Å². The highest BCUT2D eigenvalue weighted by atomic mass is 16.4. The van der Waals surface area contributed by atoms with Crippen molar-refractivity contribution >= 4 is 6.01 Å². The summed E-state index contributed by atoms with van der Waals surface area (Å²) in [6, 6.07) is 0.549. The molecule has 2 rings (SSSR count). The number of anilines is 1. The third-order valence-electron chi connectivity index (χ3n) is 3.60. The summed E-state index contributed by atoms with van der Waals surface area (Å²) in [5, 5.41) is 14.2. The van der Waals surface area contributed by atoms with Crippen molar-refractivity contribution in [2.45, 2.75) is 39.2 Å². The number of nitrogens with zero attached hydrogens (tertiary/aromatic N) is 2. The molecule has 0 amide bonds. The number of nitrogens with one attached hydrogen (secondary N) is 2. The largest absolute Gasteiger partial charge is 0.407 e. The van der Waals surface area contributed by atoms with Gasteiger partial charge in [-0.1, -0.05) is 31.3 Å². The van der Waals surface area contributed by atoms with Gasteiger partial charge in [-0.25, -0.2) is 0 Å². The molecule has 0 aliphatic heterocycles. The van der Waals surface area contributed by atoms with E-state index in [0.29, 0.717) is 18.5 Å². The van der Waals surface area contributed by atoms with Gasteiger partial charge in [-0.15, -0.1) is 5.10 Å². The highest BCUT2D eigenvalue weighted by Crippen LogP contribution is 2.29. The second-order valence-electron chi connectivity index (χ2n) is 4.93. The van der Waals surface area contributed by atoms with Gasteiger partial charge in [0.2, 0.25) is 5.89 Å². The normalized spacial score (nSPS) is 24.8. The summed E-state index contributed by atoms with van der Waals surface area (Å²) < 4.78 is 5.45. The molecular weight excluding hydrogens is 216 g/mol. The van der Waals surface area contributed by atoms with Gasteiger partial charge in [-0.2, -0.15) is 0 Å². The van der Waals surface area contributed by atoms with Crippen LogP contribution in [0.15, 0.2) is 4.42 Å². The molecule has 0 bridgehead atoms. The van der Waals surface area contributed by atoms with Crippen LogP contribution in [0.25, 0.3) is 0 Å². The molecule has 1 aromatic heterocycles. The molecule has 0 radical (unpaired) electrons. The second kappa shape index (κ2) is 6.00. The van der Waals surface area contributed by atoms with E-state index < -0.39 is 0 Å². The van der Waals surface area contributed by atoms with Crippen molar-refractivity contribution in [3.05, 3.63) is 5.89 Å². The average Bonchev–Trinajstić information content (AvgIpc) is 2.76. The Bertz CT molecular complexity index is 339. The van der Waals surface area contributed by atoms with Gasteiger partial charge in [0, 0.05) is 6.54 Å². The lowest BCUT2D eigenvalue weighted by atomic mass is 9.80. The fourth-order valence-corrected chi connectivity index (χ4v) is 2.46. The van der Waals surface area contributed by atoms with E-state index in [9.17, 15) is 0 Å². The van der Waals surface area contributed by atoms with Crippen molar-refractivity contribution in [3.63, 3.8) is 0 Å². The molecule has 1 aliphatic carbocycles. The summed E-state index contributed by atoms with van der Waals surface area (Å²) in [7, 11) is 1.86. The molecule has 0 spiro atoms. The molecule has 1 aromatic rings. The Morgan fingerprint density at radius 3 is 2.88 bits per heavy atom. The number of hydrogen-bond acceptors (Lipinski definition) is 5. The van der Waals surface area contributed by atoms with Crippen LogP contribution in [0.2, 0.25) is 0 Å². The molecule has 1 heterocycles. The molecule has 5 heteroatoms. The first-order valence-electron chi connectivity index (χ1n) is 6.50. The summed E-state index contributed by atoms with van der Waals surface area (Å²) in [5.74, 6) is 2.17. The number of hydrogen-bond donors (Lipinski definition) is 2. The van der Waals surface area contributed by atoms with Crippen LogP contribution in [0.4, 0.5) is 6.01 Å². The minimum atomic E-state index is 0.549. The number of rotatable bonds is 5. The molecule has 2 atom stereocenters. The number of aromatic nitrogens is 2. The Hall–Kier alpha value is -1.10. The van der Waals surface area contributed by atoms with Crippen LogP contribution in [-0.2, 0) is 6.54 Å². The third-order valence-corrected chi connectivity index (χ3v) is 3.60. The van der Waals surface area contributed by atoms with E-state index in [-0.39, 0.29) is 0 Å². The topological polar surface area (TPSA) is 63.0 Å². The van der Waals surface area contributed by atoms with E-state index in [1.807, 2.05) is 7.05 Å². The summed E-state index contributed by atoms with van der Waals surface area (Å²) in [6.45, 7) is 3.91. The van der Waals surface area contributed by atoms with Crippen LogP contribution < -0.4 is 10.6 Å². The Kier molecular flexibility index (Phi) is 4.36. The van der Waals surface area contributed by atoms with E-state index in [2.05, 4.69) is 27.8 Å². The predicted octanol–water partition coefficient (Wildman–Crippen LogP) is 2.03. The van der Waals surface area contributed by atoms with Gasteiger partial charge in [-0.3, -0.25) is 0 Å². The molecule has 0 saturated heterocycles. The molecule has 0 aromatic carbocycles.